The lowest BCUT2D eigenvalue weighted by molar-refractivity contribution is 0.297. The maximum Gasteiger partial charge on any atom is 0.0768 e. The van der Waals surface area contributed by atoms with Gasteiger partial charge in [-0.1, -0.05) is 11.6 Å². The van der Waals surface area contributed by atoms with Crippen molar-refractivity contribution in [3.63, 3.8) is 0 Å². The molecule has 0 aliphatic carbocycles. The van der Waals surface area contributed by atoms with Gasteiger partial charge >= 0.3 is 0 Å². The Bertz CT molecular complexity index is 737. The van der Waals surface area contributed by atoms with Crippen molar-refractivity contribution in [2.24, 2.45) is 0 Å². The minimum absolute atomic E-state index is 0.866. The van der Waals surface area contributed by atoms with E-state index in [1.165, 1.54) is 16.8 Å². The van der Waals surface area contributed by atoms with Crippen molar-refractivity contribution < 1.29 is 0 Å². The van der Waals surface area contributed by atoms with E-state index >= 15 is 0 Å². The summed E-state index contributed by atoms with van der Waals surface area (Å²) in [5.74, 6) is 0. The van der Waals surface area contributed by atoms with Crippen LogP contribution in [-0.4, -0.2) is 49.5 Å². The van der Waals surface area contributed by atoms with Crippen LogP contribution in [0.25, 0.3) is 0 Å². The first-order chi connectivity index (χ1) is 12.5. The maximum atomic E-state index is 4.86. The highest BCUT2D eigenvalue weighted by atomic mass is 15.3. The van der Waals surface area contributed by atoms with E-state index < -0.39 is 0 Å². The minimum atomic E-state index is 0.866. The minimum Gasteiger partial charge on any atom is -0.296 e. The van der Waals surface area contributed by atoms with Crippen LogP contribution in [0.1, 0.15) is 44.1 Å². The lowest BCUT2D eigenvalue weighted by Gasteiger charge is -2.17. The van der Waals surface area contributed by atoms with Crippen LogP contribution in [0.5, 0.6) is 0 Å². The first kappa shape index (κ1) is 18.9. The molecule has 2 aromatic heterocycles. The SMILES string of the molecule is CCn1cc(CN(C)Cc2cc3n(n2)CCCN(CC=C(C)C)C3)cn1. The Morgan fingerprint density at radius 1 is 1.27 bits per heavy atom. The van der Waals surface area contributed by atoms with Crippen molar-refractivity contribution in [3.05, 3.63) is 47.1 Å². The van der Waals surface area contributed by atoms with E-state index in [1.54, 1.807) is 0 Å². The largest absolute Gasteiger partial charge is 0.296 e. The standard InChI is InChI=1S/C20H32N6/c1-5-25-14-18(12-21-25)13-23(4)15-19-11-20-16-24(10-7-17(2)3)8-6-9-26(20)22-19/h7,11-12,14H,5-6,8-10,13,15-16H2,1-4H3. The van der Waals surface area contributed by atoms with Gasteiger partial charge in [0.05, 0.1) is 17.6 Å². The van der Waals surface area contributed by atoms with Gasteiger partial charge in [0.25, 0.3) is 0 Å². The summed E-state index contributed by atoms with van der Waals surface area (Å²) < 4.78 is 4.18. The predicted octanol–water partition coefficient (Wildman–Crippen LogP) is 2.90. The number of hydrogen-bond donors (Lipinski definition) is 0. The van der Waals surface area contributed by atoms with E-state index in [-0.39, 0.29) is 0 Å². The Morgan fingerprint density at radius 3 is 2.85 bits per heavy atom. The maximum absolute atomic E-state index is 4.86. The lowest BCUT2D eigenvalue weighted by Crippen LogP contribution is -2.23. The van der Waals surface area contributed by atoms with Crippen molar-refractivity contribution in [2.45, 2.75) is 59.9 Å². The van der Waals surface area contributed by atoms with Gasteiger partial charge in [-0.15, -0.1) is 0 Å². The molecule has 3 rings (SSSR count). The molecule has 3 heterocycles. The van der Waals surface area contributed by atoms with Gasteiger partial charge in [0.1, 0.15) is 0 Å². The van der Waals surface area contributed by atoms with Gasteiger partial charge in [-0.05, 0) is 40.3 Å². The molecule has 2 aromatic rings. The van der Waals surface area contributed by atoms with Crippen molar-refractivity contribution in [1.29, 1.82) is 0 Å². The summed E-state index contributed by atoms with van der Waals surface area (Å²) >= 11 is 0. The topological polar surface area (TPSA) is 42.1 Å². The monoisotopic (exact) mass is 356 g/mol. The molecule has 0 saturated carbocycles. The Morgan fingerprint density at radius 2 is 2.12 bits per heavy atom. The summed E-state index contributed by atoms with van der Waals surface area (Å²) in [6, 6.07) is 2.28. The summed E-state index contributed by atoms with van der Waals surface area (Å²) in [5.41, 5.74) is 5.14. The van der Waals surface area contributed by atoms with E-state index in [4.69, 9.17) is 5.10 Å². The van der Waals surface area contributed by atoms with Crippen molar-refractivity contribution in [1.82, 2.24) is 29.4 Å². The fourth-order valence-electron chi connectivity index (χ4n) is 3.44. The van der Waals surface area contributed by atoms with Crippen LogP contribution in [-0.2, 0) is 32.7 Å². The molecule has 0 bridgehead atoms. The van der Waals surface area contributed by atoms with Crippen LogP contribution in [0, 0.1) is 0 Å². The highest BCUT2D eigenvalue weighted by Gasteiger charge is 2.16. The number of rotatable bonds is 7. The van der Waals surface area contributed by atoms with Gasteiger partial charge in [-0.2, -0.15) is 10.2 Å². The Labute approximate surface area is 157 Å². The molecule has 0 spiro atoms. The number of hydrogen-bond acceptors (Lipinski definition) is 4. The van der Waals surface area contributed by atoms with E-state index in [9.17, 15) is 0 Å². The summed E-state index contributed by atoms with van der Waals surface area (Å²) in [4.78, 5) is 4.82. The molecule has 0 radical (unpaired) electrons. The Hall–Kier alpha value is -1.92. The summed E-state index contributed by atoms with van der Waals surface area (Å²) in [6.07, 6.45) is 7.57. The van der Waals surface area contributed by atoms with E-state index in [1.807, 2.05) is 10.9 Å². The van der Waals surface area contributed by atoms with Crippen LogP contribution >= 0.6 is 0 Å². The Balaban J connectivity index is 1.60. The summed E-state index contributed by atoms with van der Waals surface area (Å²) in [7, 11) is 2.15. The third-order valence-electron chi connectivity index (χ3n) is 4.80. The van der Waals surface area contributed by atoms with E-state index in [0.29, 0.717) is 0 Å². The van der Waals surface area contributed by atoms with Crippen LogP contribution in [0.2, 0.25) is 0 Å². The average molecular weight is 357 g/mol. The molecule has 0 fully saturated rings. The van der Waals surface area contributed by atoms with E-state index in [0.717, 1.165) is 57.9 Å². The molecule has 0 aromatic carbocycles. The molecule has 142 valence electrons. The predicted molar refractivity (Wildman–Crippen MR) is 105 cm³/mol. The molecule has 1 aliphatic heterocycles. The fraction of sp³-hybridized carbons (Fsp3) is 0.600. The zero-order chi connectivity index (χ0) is 18.5. The van der Waals surface area contributed by atoms with Crippen LogP contribution in [0.3, 0.4) is 0 Å². The number of fused-ring (bicyclic) bond motifs is 1. The zero-order valence-corrected chi connectivity index (χ0v) is 16.6. The number of aryl methyl sites for hydroxylation is 2. The highest BCUT2D eigenvalue weighted by Crippen LogP contribution is 2.15. The quantitative estimate of drug-likeness (QED) is 0.716. The van der Waals surface area contributed by atoms with E-state index in [2.05, 4.69) is 65.7 Å². The molecule has 0 amide bonds. The fourth-order valence-corrected chi connectivity index (χ4v) is 3.44. The molecule has 6 nitrogen and oxygen atoms in total. The van der Waals surface area contributed by atoms with Gasteiger partial charge in [-0.3, -0.25) is 19.2 Å². The van der Waals surface area contributed by atoms with Gasteiger partial charge in [0.2, 0.25) is 0 Å². The van der Waals surface area contributed by atoms with Crippen molar-refractivity contribution in [2.75, 3.05) is 20.1 Å². The normalized spacial score (nSPS) is 15.1. The van der Waals surface area contributed by atoms with Gasteiger partial charge < -0.3 is 0 Å². The zero-order valence-electron chi connectivity index (χ0n) is 16.6. The lowest BCUT2D eigenvalue weighted by atomic mass is 10.2. The smallest absolute Gasteiger partial charge is 0.0768 e. The second-order valence-electron chi connectivity index (χ2n) is 7.60. The number of nitrogens with zero attached hydrogens (tertiary/aromatic N) is 6. The second-order valence-corrected chi connectivity index (χ2v) is 7.60. The van der Waals surface area contributed by atoms with Crippen molar-refractivity contribution >= 4 is 0 Å². The van der Waals surface area contributed by atoms with Crippen LogP contribution in [0.4, 0.5) is 0 Å². The Kier molecular flexibility index (Phi) is 6.27. The first-order valence-corrected chi connectivity index (χ1v) is 9.64. The summed E-state index contributed by atoms with van der Waals surface area (Å²) in [5, 5.41) is 9.21. The molecule has 26 heavy (non-hydrogen) atoms. The second kappa shape index (κ2) is 8.64. The first-order valence-electron chi connectivity index (χ1n) is 9.64. The average Bonchev–Trinajstić information content (AvgIpc) is 3.14. The molecule has 0 unspecified atom stereocenters. The molecule has 0 N–H and O–H groups in total. The number of allylic oxidation sites excluding steroid dienone is 1. The molecular weight excluding hydrogens is 324 g/mol. The van der Waals surface area contributed by atoms with Crippen LogP contribution < -0.4 is 0 Å². The van der Waals surface area contributed by atoms with Gasteiger partial charge in [-0.25, -0.2) is 0 Å². The third kappa shape index (κ3) is 5.05. The highest BCUT2D eigenvalue weighted by molar-refractivity contribution is 5.12. The molecule has 0 atom stereocenters. The summed E-state index contributed by atoms with van der Waals surface area (Å²) in [6.45, 7) is 13.3. The molecule has 6 heteroatoms. The number of aromatic nitrogens is 4. The van der Waals surface area contributed by atoms with Gasteiger partial charge in [0.15, 0.2) is 0 Å². The molecule has 1 aliphatic rings. The van der Waals surface area contributed by atoms with Crippen LogP contribution in [0.15, 0.2) is 30.1 Å². The van der Waals surface area contributed by atoms with Gasteiger partial charge in [0, 0.05) is 57.6 Å². The van der Waals surface area contributed by atoms with Crippen molar-refractivity contribution in [3.8, 4) is 0 Å². The third-order valence-corrected chi connectivity index (χ3v) is 4.80. The molecule has 0 saturated heterocycles. The molecular formula is C20H32N6.